The predicted octanol–water partition coefficient (Wildman–Crippen LogP) is 3.15. The summed E-state index contributed by atoms with van der Waals surface area (Å²) in [5.41, 5.74) is 3.01. The molecule has 0 aliphatic carbocycles. The summed E-state index contributed by atoms with van der Waals surface area (Å²) < 4.78 is 6.86. The van der Waals surface area contributed by atoms with E-state index in [1.165, 1.54) is 25.0 Å². The van der Waals surface area contributed by atoms with Crippen LogP contribution in [0.4, 0.5) is 5.69 Å². The summed E-state index contributed by atoms with van der Waals surface area (Å²) in [6, 6.07) is 14.1. The van der Waals surface area contributed by atoms with E-state index in [4.69, 9.17) is 4.74 Å². The van der Waals surface area contributed by atoms with Crippen LogP contribution in [-0.2, 0) is 4.79 Å². The largest absolute Gasteiger partial charge is 0.497 e. The Labute approximate surface area is 181 Å². The predicted molar refractivity (Wildman–Crippen MR) is 117 cm³/mol. The molecule has 31 heavy (non-hydrogen) atoms. The summed E-state index contributed by atoms with van der Waals surface area (Å²) in [7, 11) is 1.60. The maximum atomic E-state index is 12.3. The quantitative estimate of drug-likeness (QED) is 0.268. The second-order valence-electron chi connectivity index (χ2n) is 6.52. The fourth-order valence-electron chi connectivity index (χ4n) is 2.87. The van der Waals surface area contributed by atoms with E-state index >= 15 is 0 Å². The highest BCUT2D eigenvalue weighted by atomic mass is 32.2. The number of hydrogen-bond acceptors (Lipinski definition) is 8. The minimum Gasteiger partial charge on any atom is -0.497 e. The second-order valence-corrected chi connectivity index (χ2v) is 7.49. The number of nitrogens with one attached hydrogen (secondary N) is 1. The number of benzene rings is 2. The number of amides is 1. The molecular formula is C21H18N6O3S. The summed E-state index contributed by atoms with van der Waals surface area (Å²) in [4.78, 5) is 32.2. The first-order valence-corrected chi connectivity index (χ1v) is 10.3. The molecule has 4 aromatic rings. The van der Waals surface area contributed by atoms with E-state index < -0.39 is 0 Å². The van der Waals surface area contributed by atoms with Crippen molar-refractivity contribution in [2.24, 2.45) is 0 Å². The molecule has 0 radical (unpaired) electrons. The van der Waals surface area contributed by atoms with Gasteiger partial charge in [-0.25, -0.2) is 9.97 Å². The lowest BCUT2D eigenvalue weighted by Crippen LogP contribution is -2.14. The lowest BCUT2D eigenvalue weighted by molar-refractivity contribution is -0.113. The van der Waals surface area contributed by atoms with Gasteiger partial charge in [0.15, 0.2) is 16.9 Å². The highest BCUT2D eigenvalue weighted by Gasteiger charge is 2.15. The van der Waals surface area contributed by atoms with Crippen LogP contribution in [0.15, 0.2) is 59.9 Å². The van der Waals surface area contributed by atoms with Gasteiger partial charge in [-0.05, 0) is 43.3 Å². The number of aromatic nitrogens is 5. The van der Waals surface area contributed by atoms with Crippen molar-refractivity contribution in [2.75, 3.05) is 18.2 Å². The van der Waals surface area contributed by atoms with E-state index in [0.717, 1.165) is 5.69 Å². The van der Waals surface area contributed by atoms with Gasteiger partial charge in [0.1, 0.15) is 17.1 Å². The molecule has 2 heterocycles. The summed E-state index contributed by atoms with van der Waals surface area (Å²) in [6.45, 7) is 1.50. The Morgan fingerprint density at radius 3 is 2.68 bits per heavy atom. The molecule has 10 heteroatoms. The van der Waals surface area contributed by atoms with Crippen molar-refractivity contribution in [3.63, 3.8) is 0 Å². The third-order valence-electron chi connectivity index (χ3n) is 4.42. The number of anilines is 1. The van der Waals surface area contributed by atoms with Gasteiger partial charge in [0.25, 0.3) is 0 Å². The van der Waals surface area contributed by atoms with Crippen LogP contribution >= 0.6 is 11.8 Å². The number of nitrogens with zero attached hydrogens (tertiary/aromatic N) is 5. The number of thioether (sulfide) groups is 1. The van der Waals surface area contributed by atoms with E-state index in [2.05, 4.69) is 25.6 Å². The zero-order valence-corrected chi connectivity index (χ0v) is 17.6. The normalized spacial score (nSPS) is 10.8. The van der Waals surface area contributed by atoms with Gasteiger partial charge >= 0.3 is 0 Å². The molecule has 1 amide bonds. The molecule has 156 valence electrons. The van der Waals surface area contributed by atoms with Gasteiger partial charge < -0.3 is 10.1 Å². The van der Waals surface area contributed by atoms with Crippen molar-refractivity contribution in [3.05, 3.63) is 60.4 Å². The molecular weight excluding hydrogens is 416 g/mol. The zero-order chi connectivity index (χ0) is 21.8. The molecule has 2 aromatic carbocycles. The van der Waals surface area contributed by atoms with Gasteiger partial charge in [0.2, 0.25) is 5.91 Å². The smallest absolute Gasteiger partial charge is 0.234 e. The zero-order valence-electron chi connectivity index (χ0n) is 16.8. The molecule has 0 atom stereocenters. The standard InChI is InChI=1S/C21H18N6O3S/c1-13(28)14-6-8-15(9-7-14)24-18(29)11-31-21-19-20(22-12-23-21)27(26-25-19)16-4-3-5-17(10-16)30-2/h3-10,12H,11H2,1-2H3,(H,24,29). The van der Waals surface area contributed by atoms with Crippen LogP contribution < -0.4 is 10.1 Å². The number of rotatable bonds is 7. The van der Waals surface area contributed by atoms with E-state index in [1.54, 1.807) is 36.1 Å². The number of carbonyl (C=O) groups is 2. The van der Waals surface area contributed by atoms with Crippen LogP contribution in [0.5, 0.6) is 5.75 Å². The third kappa shape index (κ3) is 4.53. The molecule has 0 saturated heterocycles. The van der Waals surface area contributed by atoms with Crippen LogP contribution in [0.1, 0.15) is 17.3 Å². The molecule has 9 nitrogen and oxygen atoms in total. The number of ether oxygens (including phenoxy) is 1. The number of fused-ring (bicyclic) bond motifs is 1. The van der Waals surface area contributed by atoms with Crippen LogP contribution in [0.2, 0.25) is 0 Å². The van der Waals surface area contributed by atoms with Gasteiger partial charge in [-0.1, -0.05) is 23.0 Å². The van der Waals surface area contributed by atoms with Crippen LogP contribution in [0.25, 0.3) is 16.9 Å². The van der Waals surface area contributed by atoms with Gasteiger partial charge in [0.05, 0.1) is 18.6 Å². The summed E-state index contributed by atoms with van der Waals surface area (Å²) in [6.07, 6.45) is 1.42. The SMILES string of the molecule is COc1cccc(-n2nnc3c(SCC(=O)Nc4ccc(C(C)=O)cc4)ncnc32)c1. The number of ketones is 1. The minimum atomic E-state index is -0.201. The Kier molecular flexibility index (Phi) is 5.89. The number of hydrogen-bond donors (Lipinski definition) is 1. The van der Waals surface area contributed by atoms with Crippen LogP contribution in [0.3, 0.4) is 0 Å². The van der Waals surface area contributed by atoms with Gasteiger partial charge in [-0.15, -0.1) is 5.10 Å². The number of carbonyl (C=O) groups excluding carboxylic acids is 2. The third-order valence-corrected chi connectivity index (χ3v) is 5.40. The summed E-state index contributed by atoms with van der Waals surface area (Å²) >= 11 is 1.24. The minimum absolute atomic E-state index is 0.0248. The highest BCUT2D eigenvalue weighted by Crippen LogP contribution is 2.25. The van der Waals surface area contributed by atoms with E-state index in [0.29, 0.717) is 33.2 Å². The average Bonchev–Trinajstić information content (AvgIpc) is 3.23. The Morgan fingerprint density at radius 1 is 1.13 bits per heavy atom. The molecule has 0 saturated carbocycles. The molecule has 4 rings (SSSR count). The topological polar surface area (TPSA) is 112 Å². The molecule has 2 aromatic heterocycles. The maximum absolute atomic E-state index is 12.3. The first-order valence-electron chi connectivity index (χ1n) is 9.29. The molecule has 0 aliphatic heterocycles. The fourth-order valence-corrected chi connectivity index (χ4v) is 3.60. The fraction of sp³-hybridized carbons (Fsp3) is 0.143. The lowest BCUT2D eigenvalue weighted by Gasteiger charge is -2.06. The van der Waals surface area contributed by atoms with Crippen molar-refractivity contribution in [1.29, 1.82) is 0 Å². The second kappa shape index (κ2) is 8.92. The average molecular weight is 434 g/mol. The monoisotopic (exact) mass is 434 g/mol. The number of Topliss-reactive ketones (excluding diaryl/α,β-unsaturated/α-hetero) is 1. The Balaban J connectivity index is 1.48. The maximum Gasteiger partial charge on any atom is 0.234 e. The summed E-state index contributed by atoms with van der Waals surface area (Å²) in [5.74, 6) is 0.598. The first kappa shape index (κ1) is 20.5. The summed E-state index contributed by atoms with van der Waals surface area (Å²) in [5, 5.41) is 11.7. The van der Waals surface area contributed by atoms with E-state index in [9.17, 15) is 9.59 Å². The van der Waals surface area contributed by atoms with Crippen molar-refractivity contribution in [1.82, 2.24) is 25.0 Å². The van der Waals surface area contributed by atoms with Gasteiger partial charge in [0, 0.05) is 17.3 Å². The highest BCUT2D eigenvalue weighted by molar-refractivity contribution is 8.00. The van der Waals surface area contributed by atoms with E-state index in [-0.39, 0.29) is 17.4 Å². The molecule has 0 spiro atoms. The lowest BCUT2D eigenvalue weighted by atomic mass is 10.1. The van der Waals surface area contributed by atoms with Crippen molar-refractivity contribution >= 4 is 40.3 Å². The van der Waals surface area contributed by atoms with Crippen LogP contribution in [-0.4, -0.2) is 49.5 Å². The van der Waals surface area contributed by atoms with E-state index in [1.807, 2.05) is 24.3 Å². The Hall–Kier alpha value is -3.79. The Morgan fingerprint density at radius 2 is 1.94 bits per heavy atom. The van der Waals surface area contributed by atoms with Crippen molar-refractivity contribution in [2.45, 2.75) is 11.9 Å². The van der Waals surface area contributed by atoms with Gasteiger partial charge in [-0.3, -0.25) is 9.59 Å². The first-order chi connectivity index (χ1) is 15.0. The molecule has 0 fully saturated rings. The molecule has 1 N–H and O–H groups in total. The Bertz CT molecular complexity index is 1260. The number of methoxy groups -OCH3 is 1. The molecule has 0 unspecified atom stereocenters. The van der Waals surface area contributed by atoms with Crippen LogP contribution in [0, 0.1) is 0 Å². The van der Waals surface area contributed by atoms with Gasteiger partial charge in [-0.2, -0.15) is 4.68 Å². The molecule has 0 aliphatic rings. The van der Waals surface area contributed by atoms with Crippen molar-refractivity contribution in [3.8, 4) is 11.4 Å². The molecule has 0 bridgehead atoms. The van der Waals surface area contributed by atoms with Crippen molar-refractivity contribution < 1.29 is 14.3 Å².